The highest BCUT2D eigenvalue weighted by atomic mass is 35.5. The number of benzene rings is 4. The molecule has 0 saturated carbocycles. The third kappa shape index (κ3) is 8.63. The maximum absolute atomic E-state index is 15.3. The van der Waals surface area contributed by atoms with Crippen molar-refractivity contribution in [2.75, 3.05) is 17.7 Å². The first kappa shape index (κ1) is 41.3. The molecule has 0 fully saturated rings. The molecular formula is C41H38ClF2N7O6S2. The summed E-state index contributed by atoms with van der Waals surface area (Å²) in [5.41, 5.74) is 0.358. The van der Waals surface area contributed by atoms with E-state index in [4.69, 9.17) is 26.1 Å². The van der Waals surface area contributed by atoms with Crippen molar-refractivity contribution in [3.05, 3.63) is 128 Å². The van der Waals surface area contributed by atoms with Crippen molar-refractivity contribution in [1.29, 1.82) is 0 Å². The number of methoxy groups -OCH3 is 1. The van der Waals surface area contributed by atoms with E-state index in [9.17, 15) is 22.0 Å². The molecule has 0 bridgehead atoms. The highest BCUT2D eigenvalue weighted by Crippen LogP contribution is 2.39. The third-order valence-corrected chi connectivity index (χ3v) is 11.4. The third-order valence-electron chi connectivity index (χ3n) is 9.21. The van der Waals surface area contributed by atoms with Gasteiger partial charge in [-0.3, -0.25) is 14.0 Å². The van der Waals surface area contributed by atoms with Crippen LogP contribution < -0.4 is 19.9 Å². The largest absolute Gasteiger partial charge is 0.497 e. The van der Waals surface area contributed by atoms with Crippen molar-refractivity contribution in [2.24, 2.45) is 7.05 Å². The Morgan fingerprint density at radius 2 is 1.73 bits per heavy atom. The number of sulfonamides is 1. The topological polar surface area (TPSA) is 151 Å². The van der Waals surface area contributed by atoms with Gasteiger partial charge in [0.1, 0.15) is 33.8 Å². The van der Waals surface area contributed by atoms with E-state index in [0.29, 0.717) is 21.9 Å². The minimum Gasteiger partial charge on any atom is -0.497 e. The fraction of sp³-hybridized carbons (Fsp3) is 0.244. The van der Waals surface area contributed by atoms with Crippen molar-refractivity contribution in [2.45, 2.75) is 45.4 Å². The highest BCUT2D eigenvalue weighted by molar-refractivity contribution is 7.92. The van der Waals surface area contributed by atoms with Crippen LogP contribution in [0, 0.1) is 11.6 Å². The van der Waals surface area contributed by atoms with Gasteiger partial charge in [-0.1, -0.05) is 35.9 Å². The van der Waals surface area contributed by atoms with Gasteiger partial charge in [-0.05, 0) is 74.4 Å². The second-order valence-corrected chi connectivity index (χ2v) is 17.9. The van der Waals surface area contributed by atoms with E-state index in [1.165, 1.54) is 33.8 Å². The van der Waals surface area contributed by atoms with Crippen LogP contribution in [0.15, 0.2) is 89.2 Å². The van der Waals surface area contributed by atoms with Gasteiger partial charge < -0.3 is 14.8 Å². The number of hydrogen-bond acceptors (Lipinski definition) is 10. The summed E-state index contributed by atoms with van der Waals surface area (Å²) in [5, 5.41) is 10.3. The number of anilines is 1. The summed E-state index contributed by atoms with van der Waals surface area (Å²) < 4.78 is 71.0. The molecular weight excluding hydrogens is 824 g/mol. The predicted octanol–water partition coefficient (Wildman–Crippen LogP) is 8.11. The molecule has 3 heterocycles. The van der Waals surface area contributed by atoms with Crippen molar-refractivity contribution >= 4 is 66.7 Å². The summed E-state index contributed by atoms with van der Waals surface area (Å²) in [6.07, 6.45) is 1.53. The summed E-state index contributed by atoms with van der Waals surface area (Å²) in [6.45, 7) is 4.90. The van der Waals surface area contributed by atoms with E-state index in [1.807, 2.05) is 0 Å². The number of nitrogens with one attached hydrogen (secondary N) is 1. The van der Waals surface area contributed by atoms with Crippen LogP contribution in [-0.2, 0) is 34.8 Å². The Labute approximate surface area is 346 Å². The van der Waals surface area contributed by atoms with E-state index in [1.54, 1.807) is 87.9 Å². The van der Waals surface area contributed by atoms with Crippen LogP contribution in [0.1, 0.15) is 43.8 Å². The molecule has 13 nitrogen and oxygen atoms in total. The van der Waals surface area contributed by atoms with Crippen LogP contribution in [0.5, 0.6) is 5.75 Å². The number of hydrogen-bond donors (Lipinski definition) is 1. The van der Waals surface area contributed by atoms with Crippen LogP contribution in [0.25, 0.3) is 38.1 Å². The monoisotopic (exact) mass is 861 g/mol. The van der Waals surface area contributed by atoms with Gasteiger partial charge in [-0.2, -0.15) is 5.10 Å². The van der Waals surface area contributed by atoms with Gasteiger partial charge in [0.2, 0.25) is 10.0 Å². The van der Waals surface area contributed by atoms with Crippen LogP contribution in [0.4, 0.5) is 19.4 Å². The second-order valence-electron chi connectivity index (χ2n) is 14.7. The molecule has 1 N–H and O–H groups in total. The molecule has 0 saturated heterocycles. The van der Waals surface area contributed by atoms with Crippen LogP contribution in [-0.4, -0.2) is 57.8 Å². The number of carbonyl (C=O) groups excluding carboxylic acids is 1. The number of amides is 1. The van der Waals surface area contributed by atoms with Crippen LogP contribution >= 0.6 is 22.9 Å². The lowest BCUT2D eigenvalue weighted by Gasteiger charge is -2.26. The molecule has 0 spiro atoms. The summed E-state index contributed by atoms with van der Waals surface area (Å²) in [5.74, 6) is -1.17. The Morgan fingerprint density at radius 1 is 1.02 bits per heavy atom. The van der Waals surface area contributed by atoms with Gasteiger partial charge in [0, 0.05) is 36.7 Å². The van der Waals surface area contributed by atoms with Crippen molar-refractivity contribution in [1.82, 2.24) is 29.6 Å². The molecule has 0 unspecified atom stereocenters. The van der Waals surface area contributed by atoms with Crippen LogP contribution in [0.2, 0.25) is 5.02 Å². The molecule has 0 aliphatic heterocycles. The Bertz CT molecular complexity index is 2880. The van der Waals surface area contributed by atoms with Crippen LogP contribution in [0.3, 0.4) is 0 Å². The summed E-state index contributed by atoms with van der Waals surface area (Å²) >= 11 is 8.24. The zero-order valence-corrected chi connectivity index (χ0v) is 35.0. The first-order chi connectivity index (χ1) is 27.9. The number of rotatable bonds is 11. The normalized spacial score (nSPS) is 12.5. The Morgan fingerprint density at radius 3 is 2.36 bits per heavy atom. The first-order valence-electron chi connectivity index (χ1n) is 18.1. The van der Waals surface area contributed by atoms with Crippen molar-refractivity contribution in [3.63, 3.8) is 0 Å². The predicted molar refractivity (Wildman–Crippen MR) is 224 cm³/mol. The molecule has 7 rings (SSSR count). The number of alkyl carbamates (subject to hydrolysis) is 1. The first-order valence-corrected chi connectivity index (χ1v) is 21.2. The average molecular weight is 862 g/mol. The van der Waals surface area contributed by atoms with Crippen molar-refractivity contribution < 1.29 is 31.5 Å². The Kier molecular flexibility index (Phi) is 11.2. The average Bonchev–Trinajstić information content (AvgIpc) is 3.81. The SMILES string of the molecule is COc1ccc(CN(c2nn(C)c3c(-n4c([C@H](Cc5cc(F)cc(F)c5)NC(=O)OC(C)(C)C)nc5cccc(-c6nccs6)c5c4=O)ccc(Cl)c23)S(C)(=O)=O)cc1. The smallest absolute Gasteiger partial charge is 0.408 e. The molecule has 0 aliphatic carbocycles. The number of fused-ring (bicyclic) bond motifs is 2. The van der Waals surface area contributed by atoms with Gasteiger partial charge in [-0.15, -0.1) is 11.3 Å². The van der Waals surface area contributed by atoms with E-state index < -0.39 is 45.0 Å². The molecule has 0 radical (unpaired) electrons. The molecule has 18 heteroatoms. The Balaban J connectivity index is 1.53. The summed E-state index contributed by atoms with van der Waals surface area (Å²) in [7, 11) is -0.906. The number of ether oxygens (including phenoxy) is 2. The van der Waals surface area contributed by atoms with E-state index in [-0.39, 0.29) is 62.7 Å². The van der Waals surface area contributed by atoms with Crippen molar-refractivity contribution in [3.8, 4) is 22.0 Å². The lowest BCUT2D eigenvalue weighted by atomic mass is 10.0. The van der Waals surface area contributed by atoms with Gasteiger partial charge >= 0.3 is 6.09 Å². The van der Waals surface area contributed by atoms with Gasteiger partial charge in [-0.25, -0.2) is 36.3 Å². The Hall–Kier alpha value is -5.91. The maximum Gasteiger partial charge on any atom is 0.408 e. The fourth-order valence-electron chi connectivity index (χ4n) is 6.81. The number of aryl methyl sites for hydroxylation is 1. The van der Waals surface area contributed by atoms with Gasteiger partial charge in [0.05, 0.1) is 58.5 Å². The number of thiazole rings is 1. The number of carbonyl (C=O) groups is 1. The lowest BCUT2D eigenvalue weighted by molar-refractivity contribution is 0.0500. The van der Waals surface area contributed by atoms with E-state index >= 15 is 4.79 Å². The lowest BCUT2D eigenvalue weighted by Crippen LogP contribution is -2.39. The molecule has 7 aromatic rings. The minimum atomic E-state index is -4.01. The molecule has 0 aliphatic rings. The molecule has 4 aromatic carbocycles. The highest BCUT2D eigenvalue weighted by Gasteiger charge is 2.31. The van der Waals surface area contributed by atoms with E-state index in [2.05, 4.69) is 15.4 Å². The standard InChI is InChI=1S/C41H38ClF2N7O6S2/c1-41(2,3)57-40(53)47-31(20-24-18-25(43)21-26(44)19-24)36-46-30-9-7-8-28(38-45-16-17-58-38)33(30)39(52)51(36)32-15-14-29(42)34-35(32)49(4)48-37(34)50(59(6,54)55)22-23-10-12-27(56-5)13-11-23/h7-19,21,31H,20,22H2,1-6H3,(H,47,53)/t31-/m0/s1. The molecule has 1 atom stereocenters. The molecule has 1 amide bonds. The van der Waals surface area contributed by atoms with Gasteiger partial charge in [0.25, 0.3) is 5.56 Å². The quantitative estimate of drug-likeness (QED) is 0.136. The second kappa shape index (κ2) is 16.0. The molecule has 59 heavy (non-hydrogen) atoms. The maximum atomic E-state index is 15.3. The van der Waals surface area contributed by atoms with Gasteiger partial charge in [0.15, 0.2) is 5.82 Å². The minimum absolute atomic E-state index is 0.0156. The number of aromatic nitrogens is 5. The summed E-state index contributed by atoms with van der Waals surface area (Å²) in [6, 6.07) is 16.7. The molecule has 306 valence electrons. The number of nitrogens with zero attached hydrogens (tertiary/aromatic N) is 6. The fourth-order valence-corrected chi connectivity index (χ4v) is 8.54. The number of halogens is 3. The molecule has 3 aromatic heterocycles. The zero-order valence-electron chi connectivity index (χ0n) is 32.7. The summed E-state index contributed by atoms with van der Waals surface area (Å²) in [4.78, 5) is 38.3. The zero-order chi connectivity index (χ0) is 42.4. The van der Waals surface area contributed by atoms with E-state index in [0.717, 1.165) is 28.8 Å².